The molecule has 1 atom stereocenters. The largest absolute Gasteiger partial charge is 0.371 e. The third-order valence-electron chi connectivity index (χ3n) is 2.89. The summed E-state index contributed by atoms with van der Waals surface area (Å²) in [4.78, 5) is 13.2. The van der Waals surface area contributed by atoms with Gasteiger partial charge in [-0.2, -0.15) is 0 Å². The predicted molar refractivity (Wildman–Crippen MR) is 63.4 cm³/mol. The number of Topliss-reactive ketones (excluding diaryl/α,β-unsaturated/α-hetero) is 1. The second-order valence-corrected chi connectivity index (χ2v) is 4.82. The molecule has 0 saturated heterocycles. The van der Waals surface area contributed by atoms with Crippen LogP contribution < -0.4 is 0 Å². The Balaban J connectivity index is 2.48. The fourth-order valence-corrected chi connectivity index (χ4v) is 2.12. The van der Waals surface area contributed by atoms with Gasteiger partial charge in [-0.1, -0.05) is 13.0 Å². The highest BCUT2D eigenvalue weighted by atomic mass is 32.1. The number of hydrogen-bond donors (Lipinski definition) is 0. The van der Waals surface area contributed by atoms with Crippen molar-refractivity contribution in [3.05, 3.63) is 22.4 Å². The Bertz CT molecular complexity index is 299. The van der Waals surface area contributed by atoms with Gasteiger partial charge in [0.05, 0.1) is 0 Å². The van der Waals surface area contributed by atoms with E-state index in [0.29, 0.717) is 6.42 Å². The second kappa shape index (κ2) is 5.42. The van der Waals surface area contributed by atoms with Crippen molar-refractivity contribution in [1.82, 2.24) is 0 Å². The Morgan fingerprint density at radius 3 is 2.80 bits per heavy atom. The molecule has 1 aromatic heterocycles. The molecule has 0 aliphatic carbocycles. The molecule has 0 N–H and O–H groups in total. The minimum Gasteiger partial charge on any atom is -0.371 e. The zero-order chi connectivity index (χ0) is 11.3. The van der Waals surface area contributed by atoms with Crippen LogP contribution in [0, 0.1) is 0 Å². The maximum absolute atomic E-state index is 11.9. The maximum atomic E-state index is 11.9. The number of ketones is 1. The van der Waals surface area contributed by atoms with Crippen molar-refractivity contribution in [2.75, 3.05) is 7.11 Å². The quantitative estimate of drug-likeness (QED) is 0.745. The Kier molecular flexibility index (Phi) is 4.48. The molecule has 1 rings (SSSR count). The Morgan fingerprint density at radius 1 is 1.60 bits per heavy atom. The number of hydrogen-bond acceptors (Lipinski definition) is 3. The normalized spacial score (nSPS) is 14.9. The Morgan fingerprint density at radius 2 is 2.33 bits per heavy atom. The summed E-state index contributed by atoms with van der Waals surface area (Å²) in [6, 6.07) is 4.08. The van der Waals surface area contributed by atoms with Gasteiger partial charge in [-0.15, -0.1) is 11.3 Å². The van der Waals surface area contributed by atoms with Crippen LogP contribution >= 0.6 is 11.3 Å². The monoisotopic (exact) mass is 226 g/mol. The Hall–Kier alpha value is -0.670. The van der Waals surface area contributed by atoms with E-state index in [1.165, 1.54) is 4.88 Å². The van der Waals surface area contributed by atoms with Crippen LogP contribution in [0.5, 0.6) is 0 Å². The Labute approximate surface area is 95.3 Å². The van der Waals surface area contributed by atoms with Crippen molar-refractivity contribution in [2.45, 2.75) is 38.7 Å². The van der Waals surface area contributed by atoms with E-state index in [4.69, 9.17) is 4.74 Å². The van der Waals surface area contributed by atoms with Crippen LogP contribution in [0.3, 0.4) is 0 Å². The molecule has 3 heteroatoms. The van der Waals surface area contributed by atoms with Crippen molar-refractivity contribution in [3.8, 4) is 0 Å². The van der Waals surface area contributed by atoms with Crippen LogP contribution in [-0.4, -0.2) is 18.5 Å². The average molecular weight is 226 g/mol. The fraction of sp³-hybridized carbons (Fsp3) is 0.583. The van der Waals surface area contributed by atoms with Crippen molar-refractivity contribution in [3.63, 3.8) is 0 Å². The molecule has 1 aromatic rings. The van der Waals surface area contributed by atoms with Gasteiger partial charge in [-0.25, -0.2) is 0 Å². The van der Waals surface area contributed by atoms with Gasteiger partial charge >= 0.3 is 0 Å². The topological polar surface area (TPSA) is 26.3 Å². The summed E-state index contributed by atoms with van der Waals surface area (Å²) in [7, 11) is 1.60. The van der Waals surface area contributed by atoms with Crippen LogP contribution in [-0.2, 0) is 16.0 Å². The highest BCUT2D eigenvalue weighted by Crippen LogP contribution is 2.19. The average Bonchev–Trinajstić information content (AvgIpc) is 2.77. The molecule has 0 aliphatic heterocycles. The third kappa shape index (κ3) is 3.14. The number of carbonyl (C=O) groups is 1. The molecule has 84 valence electrons. The molecule has 0 radical (unpaired) electrons. The lowest BCUT2D eigenvalue weighted by molar-refractivity contribution is -0.139. The zero-order valence-electron chi connectivity index (χ0n) is 9.58. The van der Waals surface area contributed by atoms with Crippen molar-refractivity contribution in [2.24, 2.45) is 0 Å². The van der Waals surface area contributed by atoms with E-state index in [2.05, 4.69) is 6.07 Å². The van der Waals surface area contributed by atoms with E-state index in [1.54, 1.807) is 18.4 Å². The summed E-state index contributed by atoms with van der Waals surface area (Å²) in [6.07, 6.45) is 2.13. The molecule has 1 unspecified atom stereocenters. The van der Waals surface area contributed by atoms with Gasteiger partial charge in [0.15, 0.2) is 5.78 Å². The summed E-state index contributed by atoms with van der Waals surface area (Å²) < 4.78 is 5.27. The summed E-state index contributed by atoms with van der Waals surface area (Å²) >= 11 is 1.70. The van der Waals surface area contributed by atoms with Crippen molar-refractivity contribution < 1.29 is 9.53 Å². The minimum absolute atomic E-state index is 0.195. The predicted octanol–water partition coefficient (Wildman–Crippen LogP) is 3.06. The first-order chi connectivity index (χ1) is 7.12. The molecule has 15 heavy (non-hydrogen) atoms. The van der Waals surface area contributed by atoms with E-state index < -0.39 is 5.60 Å². The summed E-state index contributed by atoms with van der Waals surface area (Å²) in [5.41, 5.74) is -0.600. The van der Waals surface area contributed by atoms with E-state index in [0.717, 1.165) is 12.8 Å². The van der Waals surface area contributed by atoms with Crippen molar-refractivity contribution >= 4 is 17.1 Å². The number of methoxy groups -OCH3 is 1. The van der Waals surface area contributed by atoms with Gasteiger partial charge in [0.25, 0.3) is 0 Å². The number of rotatable bonds is 6. The molecule has 0 saturated carbocycles. The molecule has 0 amide bonds. The van der Waals surface area contributed by atoms with Gasteiger partial charge in [0.2, 0.25) is 0 Å². The SMILES string of the molecule is CCC(C)(OC)C(=O)CCc1cccs1. The number of aryl methyl sites for hydroxylation is 1. The van der Waals surface area contributed by atoms with Crippen LogP contribution in [0.1, 0.15) is 31.6 Å². The van der Waals surface area contributed by atoms with Gasteiger partial charge < -0.3 is 4.74 Å². The number of carbonyl (C=O) groups excluding carboxylic acids is 1. The van der Waals surface area contributed by atoms with Gasteiger partial charge in [-0.3, -0.25) is 4.79 Å². The van der Waals surface area contributed by atoms with Gasteiger partial charge in [0, 0.05) is 18.4 Å². The van der Waals surface area contributed by atoms with E-state index >= 15 is 0 Å². The molecule has 0 aromatic carbocycles. The second-order valence-electron chi connectivity index (χ2n) is 3.79. The highest BCUT2D eigenvalue weighted by Gasteiger charge is 2.29. The molecule has 0 fully saturated rings. The van der Waals surface area contributed by atoms with E-state index in [1.807, 2.05) is 25.3 Å². The molecule has 0 bridgehead atoms. The maximum Gasteiger partial charge on any atom is 0.164 e. The fourth-order valence-electron chi connectivity index (χ4n) is 1.41. The highest BCUT2D eigenvalue weighted by molar-refractivity contribution is 7.09. The van der Waals surface area contributed by atoms with E-state index in [9.17, 15) is 4.79 Å². The molecule has 1 heterocycles. The van der Waals surface area contributed by atoms with Crippen LogP contribution in [0.4, 0.5) is 0 Å². The van der Waals surface area contributed by atoms with Gasteiger partial charge in [-0.05, 0) is 31.2 Å². The lowest BCUT2D eigenvalue weighted by Crippen LogP contribution is -2.36. The van der Waals surface area contributed by atoms with Crippen LogP contribution in [0.25, 0.3) is 0 Å². The first-order valence-electron chi connectivity index (χ1n) is 5.23. The molecule has 2 nitrogen and oxygen atoms in total. The first kappa shape index (κ1) is 12.4. The molecular formula is C12H18O2S. The molecule has 0 aliphatic rings. The summed E-state index contributed by atoms with van der Waals surface area (Å²) in [6.45, 7) is 3.84. The van der Waals surface area contributed by atoms with Gasteiger partial charge in [0.1, 0.15) is 5.60 Å². The third-order valence-corrected chi connectivity index (χ3v) is 3.83. The summed E-state index contributed by atoms with van der Waals surface area (Å²) in [5, 5.41) is 2.04. The standard InChI is InChI=1S/C12H18O2S/c1-4-12(2,14-3)11(13)8-7-10-6-5-9-15-10/h5-6,9H,4,7-8H2,1-3H3. The van der Waals surface area contributed by atoms with Crippen LogP contribution in [0.2, 0.25) is 0 Å². The molecular weight excluding hydrogens is 208 g/mol. The first-order valence-corrected chi connectivity index (χ1v) is 6.11. The summed E-state index contributed by atoms with van der Waals surface area (Å²) in [5.74, 6) is 0.195. The lowest BCUT2D eigenvalue weighted by Gasteiger charge is -2.24. The zero-order valence-corrected chi connectivity index (χ0v) is 10.4. The van der Waals surface area contributed by atoms with Crippen molar-refractivity contribution in [1.29, 1.82) is 0 Å². The van der Waals surface area contributed by atoms with E-state index in [-0.39, 0.29) is 5.78 Å². The molecule has 0 spiro atoms. The van der Waals surface area contributed by atoms with Crippen LogP contribution in [0.15, 0.2) is 17.5 Å². The smallest absolute Gasteiger partial charge is 0.164 e. The lowest BCUT2D eigenvalue weighted by atomic mass is 9.94. The minimum atomic E-state index is -0.600. The number of thiophene rings is 1. The number of ether oxygens (including phenoxy) is 1.